The van der Waals surface area contributed by atoms with E-state index in [1.165, 1.54) is 23.7 Å². The second kappa shape index (κ2) is 14.0. The highest BCUT2D eigenvalue weighted by atomic mass is 32.2. The van der Waals surface area contributed by atoms with Crippen molar-refractivity contribution in [1.29, 1.82) is 0 Å². The summed E-state index contributed by atoms with van der Waals surface area (Å²) in [4.78, 5) is 18.8. The number of aromatic nitrogens is 3. The van der Waals surface area contributed by atoms with Crippen molar-refractivity contribution in [1.82, 2.24) is 19.9 Å². The summed E-state index contributed by atoms with van der Waals surface area (Å²) >= 11 is 1.49. The lowest BCUT2D eigenvalue weighted by atomic mass is 10.1. The molecule has 45 heavy (non-hydrogen) atoms. The first kappa shape index (κ1) is 32.4. The van der Waals surface area contributed by atoms with Crippen molar-refractivity contribution in [2.24, 2.45) is 0 Å². The predicted octanol–water partition coefficient (Wildman–Crippen LogP) is 5.12. The standard InChI is InChI=1S/C31H37FN6O5S2/c1-37(2)31-36-28(20-16-23(41-3)19-24(17-20)42-4)29(44-31)26-8-11-33-30(35-26)34-21-6-7-27(25(32)18-21)43-22-9-12-38(13-10-22)14-15-45(5,39)40/h6-8,11,16-19,22H,9-10,12-15H2,1-5H3,(H,33,34,35). The Bertz CT molecular complexity index is 1720. The fourth-order valence-corrected chi connectivity index (χ4v) is 6.46. The molecule has 0 radical (unpaired) electrons. The van der Waals surface area contributed by atoms with Gasteiger partial charge >= 0.3 is 0 Å². The lowest BCUT2D eigenvalue weighted by Crippen LogP contribution is -2.40. The third kappa shape index (κ3) is 8.38. The number of thiazole rings is 1. The minimum Gasteiger partial charge on any atom is -0.497 e. The zero-order chi connectivity index (χ0) is 32.1. The van der Waals surface area contributed by atoms with Gasteiger partial charge in [0.25, 0.3) is 0 Å². The molecule has 1 N–H and O–H groups in total. The predicted molar refractivity (Wildman–Crippen MR) is 175 cm³/mol. The number of hydrogen-bond acceptors (Lipinski definition) is 12. The number of methoxy groups -OCH3 is 2. The maximum absolute atomic E-state index is 15.1. The van der Waals surface area contributed by atoms with Crippen molar-refractivity contribution in [2.75, 3.05) is 70.2 Å². The normalized spacial score (nSPS) is 14.3. The molecule has 5 rings (SSSR count). The minimum atomic E-state index is -3.01. The molecule has 1 fully saturated rings. The third-order valence-electron chi connectivity index (χ3n) is 7.31. The maximum Gasteiger partial charge on any atom is 0.227 e. The number of anilines is 3. The van der Waals surface area contributed by atoms with Gasteiger partial charge in [0.1, 0.15) is 27.4 Å². The molecule has 4 aromatic rings. The van der Waals surface area contributed by atoms with Gasteiger partial charge < -0.3 is 29.3 Å². The molecule has 14 heteroatoms. The van der Waals surface area contributed by atoms with E-state index in [4.69, 9.17) is 24.2 Å². The van der Waals surface area contributed by atoms with Crippen LogP contribution in [0.2, 0.25) is 0 Å². The van der Waals surface area contributed by atoms with E-state index in [9.17, 15) is 8.42 Å². The van der Waals surface area contributed by atoms with Gasteiger partial charge in [-0.25, -0.2) is 27.8 Å². The van der Waals surface area contributed by atoms with Crippen LogP contribution < -0.4 is 24.4 Å². The molecule has 0 bridgehead atoms. The Morgan fingerprint density at radius 2 is 1.76 bits per heavy atom. The molecule has 0 unspecified atom stereocenters. The van der Waals surface area contributed by atoms with Crippen molar-refractivity contribution in [3.8, 4) is 39.1 Å². The fourth-order valence-electron chi connectivity index (χ4n) is 4.89. The molecule has 1 aliphatic heterocycles. The van der Waals surface area contributed by atoms with Gasteiger partial charge in [0.2, 0.25) is 5.95 Å². The van der Waals surface area contributed by atoms with Gasteiger partial charge in [-0.1, -0.05) is 11.3 Å². The summed E-state index contributed by atoms with van der Waals surface area (Å²) in [6, 6.07) is 12.1. The van der Waals surface area contributed by atoms with Crippen LogP contribution in [0.5, 0.6) is 17.2 Å². The van der Waals surface area contributed by atoms with Crippen molar-refractivity contribution in [2.45, 2.75) is 18.9 Å². The van der Waals surface area contributed by atoms with E-state index in [1.54, 1.807) is 38.6 Å². The van der Waals surface area contributed by atoms with E-state index in [-0.39, 0.29) is 17.6 Å². The minimum absolute atomic E-state index is 0.133. The van der Waals surface area contributed by atoms with Crippen molar-refractivity contribution in [3.05, 3.63) is 54.5 Å². The Morgan fingerprint density at radius 1 is 1.04 bits per heavy atom. The molecular formula is C31H37FN6O5S2. The van der Waals surface area contributed by atoms with Crippen LogP contribution in [-0.2, 0) is 9.84 Å². The van der Waals surface area contributed by atoms with Gasteiger partial charge in [-0.05, 0) is 43.2 Å². The molecule has 1 aliphatic rings. The van der Waals surface area contributed by atoms with Crippen LogP contribution in [0, 0.1) is 5.82 Å². The summed E-state index contributed by atoms with van der Waals surface area (Å²) in [7, 11) is 4.06. The lowest BCUT2D eigenvalue weighted by Gasteiger charge is -2.32. The van der Waals surface area contributed by atoms with Gasteiger partial charge in [0.05, 0.1) is 36.2 Å². The molecule has 3 heterocycles. The summed E-state index contributed by atoms with van der Waals surface area (Å²) in [6.45, 7) is 1.91. The lowest BCUT2D eigenvalue weighted by molar-refractivity contribution is 0.100. The first-order chi connectivity index (χ1) is 21.5. The van der Waals surface area contributed by atoms with Crippen LogP contribution in [0.3, 0.4) is 0 Å². The monoisotopic (exact) mass is 656 g/mol. The summed E-state index contributed by atoms with van der Waals surface area (Å²) < 4.78 is 54.9. The number of likely N-dealkylation sites (tertiary alicyclic amines) is 1. The molecule has 1 saturated heterocycles. The topological polar surface area (TPSA) is 119 Å². The quantitative estimate of drug-likeness (QED) is 0.219. The smallest absolute Gasteiger partial charge is 0.227 e. The maximum atomic E-state index is 15.1. The zero-order valence-corrected chi connectivity index (χ0v) is 27.5. The number of piperidine rings is 1. The van der Waals surface area contributed by atoms with Crippen molar-refractivity contribution < 1.29 is 27.0 Å². The summed E-state index contributed by atoms with van der Waals surface area (Å²) in [6.07, 6.45) is 4.14. The zero-order valence-electron chi connectivity index (χ0n) is 25.9. The summed E-state index contributed by atoms with van der Waals surface area (Å²) in [5, 5.41) is 3.90. The van der Waals surface area contributed by atoms with Crippen molar-refractivity contribution in [3.63, 3.8) is 0 Å². The molecule has 240 valence electrons. The molecule has 0 aliphatic carbocycles. The Morgan fingerprint density at radius 3 is 2.38 bits per heavy atom. The molecular weight excluding hydrogens is 620 g/mol. The molecule has 0 amide bonds. The molecule has 2 aromatic carbocycles. The van der Waals surface area contributed by atoms with Crippen LogP contribution in [0.15, 0.2) is 48.7 Å². The van der Waals surface area contributed by atoms with Crippen LogP contribution in [0.4, 0.5) is 21.2 Å². The second-order valence-corrected chi connectivity index (χ2v) is 14.2. The number of rotatable bonds is 12. The third-order valence-corrected chi connectivity index (χ3v) is 9.48. The molecule has 11 nitrogen and oxygen atoms in total. The van der Waals surface area contributed by atoms with Crippen LogP contribution >= 0.6 is 11.3 Å². The number of hydrogen-bond donors (Lipinski definition) is 1. The fraction of sp³-hybridized carbons (Fsp3) is 0.387. The van der Waals surface area contributed by atoms with E-state index < -0.39 is 15.7 Å². The number of sulfone groups is 1. The van der Waals surface area contributed by atoms with Crippen LogP contribution in [0.1, 0.15) is 12.8 Å². The van der Waals surface area contributed by atoms with Crippen LogP contribution in [0.25, 0.3) is 21.8 Å². The Kier molecular flexibility index (Phi) is 10.0. The number of ether oxygens (including phenoxy) is 3. The highest BCUT2D eigenvalue weighted by Gasteiger charge is 2.23. The first-order valence-corrected chi connectivity index (χ1v) is 17.3. The average molecular weight is 657 g/mol. The highest BCUT2D eigenvalue weighted by Crippen LogP contribution is 2.41. The van der Waals surface area contributed by atoms with E-state index in [2.05, 4.69) is 15.2 Å². The van der Waals surface area contributed by atoms with Gasteiger partial charge in [-0.2, -0.15) is 0 Å². The Hall–Kier alpha value is -4.01. The van der Waals surface area contributed by atoms with Crippen molar-refractivity contribution >= 4 is 37.9 Å². The number of halogens is 1. The van der Waals surface area contributed by atoms with E-state index in [0.717, 1.165) is 21.3 Å². The summed E-state index contributed by atoms with van der Waals surface area (Å²) in [5.74, 6) is 1.39. The SMILES string of the molecule is COc1cc(OC)cc(-c2nc(N(C)C)sc2-c2ccnc(Nc3ccc(OC4CCN(CCS(C)(=O)=O)CC4)c(F)c3)n2)c1. The van der Waals surface area contributed by atoms with Gasteiger partial charge in [0.15, 0.2) is 16.7 Å². The number of benzene rings is 2. The van der Waals surface area contributed by atoms with Gasteiger partial charge in [-0.3, -0.25) is 0 Å². The van der Waals surface area contributed by atoms with E-state index in [1.807, 2.05) is 37.2 Å². The molecule has 0 atom stereocenters. The average Bonchev–Trinajstić information content (AvgIpc) is 3.48. The largest absolute Gasteiger partial charge is 0.497 e. The first-order valence-electron chi connectivity index (χ1n) is 14.4. The molecule has 2 aromatic heterocycles. The molecule has 0 spiro atoms. The van der Waals surface area contributed by atoms with Gasteiger partial charge in [0, 0.05) is 69.6 Å². The summed E-state index contributed by atoms with van der Waals surface area (Å²) in [5.41, 5.74) is 2.66. The Balaban J connectivity index is 1.30. The second-order valence-electron chi connectivity index (χ2n) is 11.0. The highest BCUT2D eigenvalue weighted by molar-refractivity contribution is 7.90. The number of nitrogens with one attached hydrogen (secondary N) is 1. The van der Waals surface area contributed by atoms with Crippen LogP contribution in [-0.4, -0.2) is 94.3 Å². The molecule has 0 saturated carbocycles. The van der Waals surface area contributed by atoms with E-state index >= 15 is 4.39 Å². The Labute approximate surface area is 266 Å². The van der Waals surface area contributed by atoms with E-state index in [0.29, 0.717) is 61.3 Å². The number of nitrogens with zero attached hydrogens (tertiary/aromatic N) is 5. The van der Waals surface area contributed by atoms with Gasteiger partial charge in [-0.15, -0.1) is 0 Å².